The summed E-state index contributed by atoms with van der Waals surface area (Å²) >= 11 is 0. The Labute approximate surface area is 101 Å². The van der Waals surface area contributed by atoms with Gasteiger partial charge in [0.15, 0.2) is 0 Å². The molecule has 2 aliphatic carbocycles. The van der Waals surface area contributed by atoms with Crippen LogP contribution in [-0.4, -0.2) is 30.1 Å². The van der Waals surface area contributed by atoms with E-state index in [1.165, 1.54) is 38.8 Å². The van der Waals surface area contributed by atoms with E-state index in [1.807, 2.05) is 0 Å². The fraction of sp³-hybridized carbons (Fsp3) is 1.00. The smallest absolute Gasteiger partial charge is 0.0362 e. The molecule has 0 aromatic carbocycles. The average molecular weight is 224 g/mol. The molecule has 3 atom stereocenters. The third-order valence-corrected chi connectivity index (χ3v) is 4.89. The van der Waals surface area contributed by atoms with Gasteiger partial charge in [-0.05, 0) is 43.6 Å². The maximum absolute atomic E-state index is 6.17. The van der Waals surface area contributed by atoms with Crippen LogP contribution in [0.15, 0.2) is 0 Å². The predicted molar refractivity (Wildman–Crippen MR) is 69.3 cm³/mol. The van der Waals surface area contributed by atoms with E-state index in [0.717, 1.165) is 24.3 Å². The lowest BCUT2D eigenvalue weighted by Gasteiger charge is -2.47. The van der Waals surface area contributed by atoms with Crippen molar-refractivity contribution < 1.29 is 0 Å². The Balaban J connectivity index is 2.13. The van der Waals surface area contributed by atoms with Crippen molar-refractivity contribution in [2.45, 2.75) is 52.0 Å². The van der Waals surface area contributed by atoms with Gasteiger partial charge in [-0.2, -0.15) is 0 Å². The maximum Gasteiger partial charge on any atom is 0.0362 e. The molecule has 0 saturated heterocycles. The molecular formula is C14H28N2. The maximum atomic E-state index is 6.17. The van der Waals surface area contributed by atoms with Gasteiger partial charge in [-0.15, -0.1) is 0 Å². The van der Waals surface area contributed by atoms with Crippen LogP contribution in [0.25, 0.3) is 0 Å². The second kappa shape index (κ2) is 4.66. The van der Waals surface area contributed by atoms with Gasteiger partial charge in [-0.25, -0.2) is 0 Å². The molecule has 2 N–H and O–H groups in total. The molecule has 0 aliphatic heterocycles. The Morgan fingerprint density at radius 3 is 2.50 bits per heavy atom. The Hall–Kier alpha value is -0.0800. The van der Waals surface area contributed by atoms with Crippen LogP contribution in [0.2, 0.25) is 0 Å². The van der Waals surface area contributed by atoms with Gasteiger partial charge in [0.2, 0.25) is 0 Å². The van der Waals surface area contributed by atoms with E-state index in [0.29, 0.717) is 5.54 Å². The highest BCUT2D eigenvalue weighted by Gasteiger charge is 2.52. The molecule has 16 heavy (non-hydrogen) atoms. The third-order valence-electron chi connectivity index (χ3n) is 4.89. The molecule has 2 saturated carbocycles. The lowest BCUT2D eigenvalue weighted by atomic mass is 9.79. The molecule has 2 nitrogen and oxygen atoms in total. The van der Waals surface area contributed by atoms with Crippen molar-refractivity contribution in [2.24, 2.45) is 23.5 Å². The minimum atomic E-state index is 0.363. The van der Waals surface area contributed by atoms with Crippen molar-refractivity contribution >= 4 is 0 Å². The van der Waals surface area contributed by atoms with Gasteiger partial charge in [0.1, 0.15) is 0 Å². The highest BCUT2D eigenvalue weighted by molar-refractivity contribution is 5.08. The third kappa shape index (κ3) is 1.91. The molecule has 2 aliphatic rings. The fourth-order valence-electron chi connectivity index (χ4n) is 4.25. The topological polar surface area (TPSA) is 29.3 Å². The van der Waals surface area contributed by atoms with Gasteiger partial charge in [0.25, 0.3) is 0 Å². The highest BCUT2D eigenvalue weighted by Crippen LogP contribution is 2.53. The van der Waals surface area contributed by atoms with Crippen molar-refractivity contribution in [1.82, 2.24) is 4.90 Å². The van der Waals surface area contributed by atoms with Gasteiger partial charge in [-0.1, -0.05) is 27.2 Å². The van der Waals surface area contributed by atoms with Gasteiger partial charge < -0.3 is 5.73 Å². The molecule has 0 aromatic heterocycles. The zero-order valence-corrected chi connectivity index (χ0v) is 11.2. The average Bonchev–Trinajstić information content (AvgIpc) is 2.85. The summed E-state index contributed by atoms with van der Waals surface area (Å²) in [4.78, 5) is 2.70. The lowest BCUT2D eigenvalue weighted by Crippen LogP contribution is -2.58. The molecule has 0 aromatic rings. The molecule has 2 fully saturated rings. The molecule has 0 heterocycles. The van der Waals surface area contributed by atoms with Gasteiger partial charge in [0, 0.05) is 18.6 Å². The summed E-state index contributed by atoms with van der Waals surface area (Å²) in [6.07, 6.45) is 5.71. The quantitative estimate of drug-likeness (QED) is 0.777. The Morgan fingerprint density at radius 1 is 1.38 bits per heavy atom. The number of nitrogens with zero attached hydrogens (tertiary/aromatic N) is 1. The van der Waals surface area contributed by atoms with Gasteiger partial charge in [0.05, 0.1) is 0 Å². The predicted octanol–water partition coefficient (Wildman–Crippen LogP) is 2.48. The molecule has 0 amide bonds. The van der Waals surface area contributed by atoms with Crippen LogP contribution in [0, 0.1) is 17.8 Å². The van der Waals surface area contributed by atoms with Crippen molar-refractivity contribution in [2.75, 3.05) is 19.6 Å². The SMILES string of the molecule is CCN(CC(C)C)C1(CN)CC2CCC1C2. The van der Waals surface area contributed by atoms with Crippen molar-refractivity contribution in [1.29, 1.82) is 0 Å². The second-order valence-electron chi connectivity index (χ2n) is 6.32. The first-order valence-electron chi connectivity index (χ1n) is 7.07. The van der Waals surface area contributed by atoms with Gasteiger partial charge in [-0.3, -0.25) is 4.90 Å². The van der Waals surface area contributed by atoms with Crippen molar-refractivity contribution in [3.8, 4) is 0 Å². The summed E-state index contributed by atoms with van der Waals surface area (Å²) in [6.45, 7) is 10.2. The molecular weight excluding hydrogens is 196 g/mol. The zero-order valence-electron chi connectivity index (χ0n) is 11.2. The highest BCUT2D eigenvalue weighted by atomic mass is 15.2. The molecule has 0 spiro atoms. The van der Waals surface area contributed by atoms with Crippen LogP contribution in [0.4, 0.5) is 0 Å². The standard InChI is InChI=1S/C14H28N2/c1-4-16(9-11(2)3)14(10-15)8-12-5-6-13(14)7-12/h11-13H,4-10,15H2,1-3H3. The van der Waals surface area contributed by atoms with E-state index in [4.69, 9.17) is 5.73 Å². The largest absolute Gasteiger partial charge is 0.329 e. The zero-order chi connectivity index (χ0) is 11.8. The summed E-state index contributed by atoms with van der Waals surface area (Å²) < 4.78 is 0. The Morgan fingerprint density at radius 2 is 2.12 bits per heavy atom. The lowest BCUT2D eigenvalue weighted by molar-refractivity contribution is 0.0365. The van der Waals surface area contributed by atoms with Crippen LogP contribution in [0.1, 0.15) is 46.5 Å². The van der Waals surface area contributed by atoms with Crippen LogP contribution in [0.5, 0.6) is 0 Å². The minimum Gasteiger partial charge on any atom is -0.329 e. The summed E-state index contributed by atoms with van der Waals surface area (Å²) in [5.74, 6) is 2.62. The normalized spacial score (nSPS) is 37.9. The number of likely N-dealkylation sites (N-methyl/N-ethyl adjacent to an activating group) is 1. The number of hydrogen-bond donors (Lipinski definition) is 1. The summed E-state index contributed by atoms with van der Waals surface area (Å²) in [5.41, 5.74) is 6.53. The summed E-state index contributed by atoms with van der Waals surface area (Å²) in [7, 11) is 0. The van der Waals surface area contributed by atoms with E-state index in [1.54, 1.807) is 0 Å². The van der Waals surface area contributed by atoms with Crippen LogP contribution in [-0.2, 0) is 0 Å². The first-order chi connectivity index (χ1) is 7.62. The molecule has 0 radical (unpaired) electrons. The van der Waals surface area contributed by atoms with E-state index in [-0.39, 0.29) is 0 Å². The number of rotatable bonds is 5. The molecule has 2 bridgehead atoms. The minimum absolute atomic E-state index is 0.363. The summed E-state index contributed by atoms with van der Waals surface area (Å²) in [5, 5.41) is 0. The van der Waals surface area contributed by atoms with E-state index < -0.39 is 0 Å². The second-order valence-corrected chi connectivity index (χ2v) is 6.32. The van der Waals surface area contributed by atoms with E-state index in [9.17, 15) is 0 Å². The first kappa shape index (κ1) is 12.4. The Bertz CT molecular complexity index is 239. The number of hydrogen-bond acceptors (Lipinski definition) is 2. The summed E-state index contributed by atoms with van der Waals surface area (Å²) in [6, 6.07) is 0. The molecule has 94 valence electrons. The first-order valence-corrected chi connectivity index (χ1v) is 7.07. The van der Waals surface area contributed by atoms with Crippen molar-refractivity contribution in [3.05, 3.63) is 0 Å². The fourth-order valence-corrected chi connectivity index (χ4v) is 4.25. The molecule has 3 unspecified atom stereocenters. The van der Waals surface area contributed by atoms with Crippen LogP contribution in [0.3, 0.4) is 0 Å². The molecule has 2 heteroatoms. The van der Waals surface area contributed by atoms with E-state index in [2.05, 4.69) is 25.7 Å². The monoisotopic (exact) mass is 224 g/mol. The number of nitrogens with two attached hydrogens (primary N) is 1. The molecule has 2 rings (SSSR count). The van der Waals surface area contributed by atoms with E-state index >= 15 is 0 Å². The number of fused-ring (bicyclic) bond motifs is 2. The van der Waals surface area contributed by atoms with Crippen LogP contribution < -0.4 is 5.73 Å². The Kier molecular flexibility index (Phi) is 3.60. The van der Waals surface area contributed by atoms with Crippen LogP contribution >= 0.6 is 0 Å². The van der Waals surface area contributed by atoms with Crippen molar-refractivity contribution in [3.63, 3.8) is 0 Å². The van der Waals surface area contributed by atoms with Gasteiger partial charge >= 0.3 is 0 Å².